The van der Waals surface area contributed by atoms with E-state index in [2.05, 4.69) is 39.3 Å². The quantitative estimate of drug-likeness (QED) is 0.509. The third-order valence-electron chi connectivity index (χ3n) is 5.69. The first-order valence-corrected chi connectivity index (χ1v) is 12.1. The Kier molecular flexibility index (Phi) is 6.52. The van der Waals surface area contributed by atoms with Gasteiger partial charge in [-0.2, -0.15) is 5.10 Å². The number of ether oxygens (including phenoxy) is 1. The van der Waals surface area contributed by atoms with Crippen molar-refractivity contribution in [3.05, 3.63) is 59.8 Å². The third kappa shape index (κ3) is 5.42. The van der Waals surface area contributed by atoms with E-state index in [9.17, 15) is 12.8 Å². The first-order chi connectivity index (χ1) is 15.7. The number of halogens is 1. The standard InChI is InChI=1S/C22H25FN6O3S/c1-13(2)18-5-6-27-29-21(18)32-12-14-7-15(8-14)16-10-25-22(26-11-16)28-20-4-3-17(9-19(20)23)33(24,30)31/h3-6,9-11,13-15H,7-8,12H2,1-2H3,(H2,24,30,31)(H,25,26,28). The average molecular weight is 473 g/mol. The van der Waals surface area contributed by atoms with Crippen LogP contribution in [-0.4, -0.2) is 35.2 Å². The van der Waals surface area contributed by atoms with E-state index in [1.54, 1.807) is 18.6 Å². The molecular formula is C22H25FN6O3S. The highest BCUT2D eigenvalue weighted by atomic mass is 32.2. The fourth-order valence-electron chi connectivity index (χ4n) is 3.73. The van der Waals surface area contributed by atoms with E-state index in [-0.39, 0.29) is 16.5 Å². The van der Waals surface area contributed by atoms with Gasteiger partial charge in [0.15, 0.2) is 0 Å². The molecule has 0 unspecified atom stereocenters. The van der Waals surface area contributed by atoms with Crippen LogP contribution >= 0.6 is 0 Å². The summed E-state index contributed by atoms with van der Waals surface area (Å²) in [6, 6.07) is 5.29. The number of sulfonamides is 1. The molecule has 0 saturated heterocycles. The number of hydrogen-bond acceptors (Lipinski definition) is 8. The summed E-state index contributed by atoms with van der Waals surface area (Å²) in [6.07, 6.45) is 7.02. The second-order valence-electron chi connectivity index (χ2n) is 8.44. The van der Waals surface area contributed by atoms with E-state index in [0.717, 1.165) is 30.0 Å². The number of hydrogen-bond donors (Lipinski definition) is 2. The first kappa shape index (κ1) is 23.0. The number of nitrogens with two attached hydrogens (primary N) is 1. The molecule has 2 aromatic heterocycles. The Morgan fingerprint density at radius 2 is 1.94 bits per heavy atom. The second kappa shape index (κ2) is 9.36. The number of benzene rings is 1. The Labute approximate surface area is 191 Å². The second-order valence-corrected chi connectivity index (χ2v) is 10.0. The molecule has 0 spiro atoms. The van der Waals surface area contributed by atoms with Crippen molar-refractivity contribution in [2.45, 2.75) is 43.4 Å². The molecule has 1 aliphatic rings. The van der Waals surface area contributed by atoms with Crippen LogP contribution in [0.5, 0.6) is 5.88 Å². The van der Waals surface area contributed by atoms with Crippen LogP contribution in [0.25, 0.3) is 0 Å². The molecule has 1 aromatic carbocycles. The van der Waals surface area contributed by atoms with Crippen LogP contribution in [0.1, 0.15) is 49.7 Å². The highest BCUT2D eigenvalue weighted by Gasteiger charge is 2.31. The minimum absolute atomic E-state index is 0.0563. The van der Waals surface area contributed by atoms with E-state index >= 15 is 0 Å². The maximum atomic E-state index is 14.2. The molecule has 11 heteroatoms. The molecule has 1 aliphatic carbocycles. The van der Waals surface area contributed by atoms with Gasteiger partial charge in [-0.25, -0.2) is 27.9 Å². The lowest BCUT2D eigenvalue weighted by Crippen LogP contribution is -2.27. The van der Waals surface area contributed by atoms with Gasteiger partial charge in [0.1, 0.15) is 5.82 Å². The van der Waals surface area contributed by atoms with Gasteiger partial charge in [-0.3, -0.25) is 0 Å². The van der Waals surface area contributed by atoms with Crippen LogP contribution in [0, 0.1) is 11.7 Å². The highest BCUT2D eigenvalue weighted by molar-refractivity contribution is 7.89. The van der Waals surface area contributed by atoms with Crippen molar-refractivity contribution in [3.63, 3.8) is 0 Å². The van der Waals surface area contributed by atoms with Crippen molar-refractivity contribution in [1.29, 1.82) is 0 Å². The largest absolute Gasteiger partial charge is 0.476 e. The molecule has 0 atom stereocenters. The molecule has 0 aliphatic heterocycles. The van der Waals surface area contributed by atoms with Crippen LogP contribution in [0.4, 0.5) is 16.0 Å². The van der Waals surface area contributed by atoms with Crippen molar-refractivity contribution in [2.24, 2.45) is 11.1 Å². The number of rotatable bonds is 8. The molecule has 4 rings (SSSR count). The SMILES string of the molecule is CC(C)c1ccnnc1OCC1CC(c2cnc(Nc3ccc(S(N)(=O)=O)cc3F)nc2)C1. The van der Waals surface area contributed by atoms with Crippen molar-refractivity contribution in [3.8, 4) is 5.88 Å². The van der Waals surface area contributed by atoms with Crippen molar-refractivity contribution < 1.29 is 17.5 Å². The summed E-state index contributed by atoms with van der Waals surface area (Å²) in [6.45, 7) is 4.77. The summed E-state index contributed by atoms with van der Waals surface area (Å²) >= 11 is 0. The fraction of sp³-hybridized carbons (Fsp3) is 0.364. The molecule has 2 heterocycles. The van der Waals surface area contributed by atoms with Gasteiger partial charge in [0.25, 0.3) is 0 Å². The molecule has 0 bridgehead atoms. The molecule has 0 amide bonds. The number of primary sulfonamides is 1. The summed E-state index contributed by atoms with van der Waals surface area (Å²) in [4.78, 5) is 8.21. The first-order valence-electron chi connectivity index (χ1n) is 10.6. The Bertz CT molecular complexity index is 1230. The molecule has 3 aromatic rings. The summed E-state index contributed by atoms with van der Waals surface area (Å²) in [5.41, 5.74) is 2.11. The van der Waals surface area contributed by atoms with Crippen LogP contribution in [0.15, 0.2) is 47.8 Å². The predicted molar refractivity (Wildman–Crippen MR) is 120 cm³/mol. The Morgan fingerprint density at radius 3 is 2.58 bits per heavy atom. The Morgan fingerprint density at radius 1 is 1.21 bits per heavy atom. The highest BCUT2D eigenvalue weighted by Crippen LogP contribution is 2.41. The number of nitrogens with zero attached hydrogens (tertiary/aromatic N) is 4. The summed E-state index contributed by atoms with van der Waals surface area (Å²) in [7, 11) is -3.97. The van der Waals surface area contributed by atoms with Crippen LogP contribution in [0.2, 0.25) is 0 Å². The monoisotopic (exact) mass is 472 g/mol. The van der Waals surface area contributed by atoms with Gasteiger partial charge in [0.2, 0.25) is 21.9 Å². The van der Waals surface area contributed by atoms with Gasteiger partial charge in [-0.05, 0) is 60.4 Å². The molecule has 33 heavy (non-hydrogen) atoms. The van der Waals surface area contributed by atoms with Gasteiger partial charge < -0.3 is 10.1 Å². The molecule has 9 nitrogen and oxygen atoms in total. The molecule has 1 fully saturated rings. The summed E-state index contributed by atoms with van der Waals surface area (Å²) < 4.78 is 42.7. The lowest BCUT2D eigenvalue weighted by Gasteiger charge is -2.35. The number of nitrogens with one attached hydrogen (secondary N) is 1. The van der Waals surface area contributed by atoms with E-state index in [4.69, 9.17) is 9.88 Å². The lowest BCUT2D eigenvalue weighted by atomic mass is 9.72. The van der Waals surface area contributed by atoms with Crippen molar-refractivity contribution in [1.82, 2.24) is 20.2 Å². The van der Waals surface area contributed by atoms with Crippen molar-refractivity contribution >= 4 is 21.7 Å². The predicted octanol–water partition coefficient (Wildman–Crippen LogP) is 3.49. The topological polar surface area (TPSA) is 133 Å². The molecule has 174 valence electrons. The Balaban J connectivity index is 1.30. The molecular weight excluding hydrogens is 447 g/mol. The smallest absolute Gasteiger partial charge is 0.238 e. The third-order valence-corrected chi connectivity index (χ3v) is 6.60. The van der Waals surface area contributed by atoms with E-state index < -0.39 is 15.8 Å². The number of anilines is 2. The van der Waals surface area contributed by atoms with Gasteiger partial charge in [-0.1, -0.05) is 13.8 Å². The fourth-order valence-corrected chi connectivity index (χ4v) is 4.25. The zero-order valence-corrected chi connectivity index (χ0v) is 19.1. The van der Waals surface area contributed by atoms with Crippen LogP contribution in [0.3, 0.4) is 0 Å². The zero-order chi connectivity index (χ0) is 23.6. The molecule has 0 radical (unpaired) electrons. The van der Waals surface area contributed by atoms with Gasteiger partial charge >= 0.3 is 0 Å². The molecule has 3 N–H and O–H groups in total. The minimum atomic E-state index is -3.97. The van der Waals surface area contributed by atoms with E-state index in [1.165, 1.54) is 12.1 Å². The normalized spacial score (nSPS) is 18.1. The van der Waals surface area contributed by atoms with Gasteiger partial charge in [0.05, 0.1) is 23.4 Å². The van der Waals surface area contributed by atoms with Gasteiger partial charge in [-0.15, -0.1) is 5.10 Å². The minimum Gasteiger partial charge on any atom is -0.476 e. The van der Waals surface area contributed by atoms with Crippen molar-refractivity contribution in [2.75, 3.05) is 11.9 Å². The Hall–Kier alpha value is -3.18. The summed E-state index contributed by atoms with van der Waals surface area (Å²) in [5, 5.41) is 15.8. The van der Waals surface area contributed by atoms with E-state index in [0.29, 0.717) is 30.2 Å². The summed E-state index contributed by atoms with van der Waals surface area (Å²) in [5.74, 6) is 1.11. The van der Waals surface area contributed by atoms with E-state index in [1.807, 2.05) is 6.07 Å². The molecule has 1 saturated carbocycles. The zero-order valence-electron chi connectivity index (χ0n) is 18.3. The average Bonchev–Trinajstić information content (AvgIpc) is 2.74. The lowest BCUT2D eigenvalue weighted by molar-refractivity contribution is 0.151. The van der Waals surface area contributed by atoms with Gasteiger partial charge in [0, 0.05) is 18.0 Å². The van der Waals surface area contributed by atoms with Crippen LogP contribution < -0.4 is 15.2 Å². The van der Waals surface area contributed by atoms with Crippen LogP contribution in [-0.2, 0) is 10.0 Å². The number of aromatic nitrogens is 4. The maximum Gasteiger partial charge on any atom is 0.238 e. The maximum absolute atomic E-state index is 14.2.